The number of methoxy groups -OCH3 is 2. The summed E-state index contributed by atoms with van der Waals surface area (Å²) in [5.41, 5.74) is 4.67. The molecule has 0 aliphatic carbocycles. The first-order valence-electron chi connectivity index (χ1n) is 12.9. The van der Waals surface area contributed by atoms with Crippen LogP contribution in [0.1, 0.15) is 27.2 Å². The maximum Gasteiger partial charge on any atom is 0.257 e. The fourth-order valence-corrected chi connectivity index (χ4v) is 4.97. The quantitative estimate of drug-likeness (QED) is 0.299. The number of hydrogen-bond donors (Lipinski definition) is 0. The Bertz CT molecular complexity index is 1450. The Morgan fingerprint density at radius 1 is 0.897 bits per heavy atom. The molecule has 0 spiro atoms. The molecule has 1 amide bonds. The molecule has 2 heterocycles. The summed E-state index contributed by atoms with van der Waals surface area (Å²) in [7, 11) is 3.15. The van der Waals surface area contributed by atoms with E-state index < -0.39 is 0 Å². The molecule has 0 unspecified atom stereocenters. The number of amides is 1. The second-order valence-corrected chi connectivity index (χ2v) is 9.89. The van der Waals surface area contributed by atoms with Crippen LogP contribution >= 0.6 is 11.6 Å². The number of piperazine rings is 1. The van der Waals surface area contributed by atoms with Crippen molar-refractivity contribution in [1.82, 2.24) is 14.9 Å². The van der Waals surface area contributed by atoms with Crippen LogP contribution < -0.4 is 14.4 Å². The van der Waals surface area contributed by atoms with E-state index in [1.165, 1.54) is 5.56 Å². The predicted octanol–water partition coefficient (Wildman–Crippen LogP) is 5.68. The summed E-state index contributed by atoms with van der Waals surface area (Å²) < 4.78 is 10.8. The van der Waals surface area contributed by atoms with Crippen molar-refractivity contribution in [3.05, 3.63) is 100 Å². The molecule has 200 valence electrons. The molecule has 0 radical (unpaired) electrons. The van der Waals surface area contributed by atoms with Gasteiger partial charge in [-0.2, -0.15) is 0 Å². The van der Waals surface area contributed by atoms with Crippen molar-refractivity contribution in [3.8, 4) is 22.9 Å². The summed E-state index contributed by atoms with van der Waals surface area (Å²) in [4.78, 5) is 27.5. The molecule has 1 aliphatic heterocycles. The normalized spacial score (nSPS) is 13.3. The number of aromatic nitrogens is 2. The van der Waals surface area contributed by atoms with Crippen LogP contribution in [0.4, 0.5) is 5.82 Å². The zero-order valence-electron chi connectivity index (χ0n) is 22.4. The second kappa shape index (κ2) is 11.7. The van der Waals surface area contributed by atoms with Gasteiger partial charge in [0.2, 0.25) is 0 Å². The highest BCUT2D eigenvalue weighted by atomic mass is 35.5. The number of ether oxygens (including phenoxy) is 2. The molecular formula is C31H31ClN4O3. The van der Waals surface area contributed by atoms with Crippen LogP contribution in [0.3, 0.4) is 0 Å². The van der Waals surface area contributed by atoms with E-state index >= 15 is 0 Å². The summed E-state index contributed by atoms with van der Waals surface area (Å²) in [5, 5.41) is 0.672. The van der Waals surface area contributed by atoms with Gasteiger partial charge in [-0.15, -0.1) is 0 Å². The fourth-order valence-electron chi connectivity index (χ4n) is 4.84. The number of halogens is 1. The first kappa shape index (κ1) is 26.5. The maximum atomic E-state index is 13.4. The Morgan fingerprint density at radius 2 is 1.62 bits per heavy atom. The van der Waals surface area contributed by atoms with Crippen LogP contribution in [0.15, 0.2) is 72.8 Å². The second-order valence-electron chi connectivity index (χ2n) is 9.45. The number of anilines is 1. The van der Waals surface area contributed by atoms with Gasteiger partial charge in [0.25, 0.3) is 5.91 Å². The lowest BCUT2D eigenvalue weighted by Crippen LogP contribution is -2.49. The van der Waals surface area contributed by atoms with Gasteiger partial charge in [0.1, 0.15) is 17.3 Å². The third-order valence-corrected chi connectivity index (χ3v) is 7.28. The molecule has 1 saturated heterocycles. The van der Waals surface area contributed by atoms with Crippen molar-refractivity contribution in [1.29, 1.82) is 0 Å². The van der Waals surface area contributed by atoms with Crippen LogP contribution in [0.5, 0.6) is 11.5 Å². The average Bonchev–Trinajstić information content (AvgIpc) is 2.98. The van der Waals surface area contributed by atoms with E-state index in [4.69, 9.17) is 31.0 Å². The van der Waals surface area contributed by atoms with Crippen molar-refractivity contribution in [2.75, 3.05) is 45.3 Å². The number of benzene rings is 3. The lowest BCUT2D eigenvalue weighted by molar-refractivity contribution is 0.0743. The number of carbonyl (C=O) groups excluding carboxylic acids is 1. The van der Waals surface area contributed by atoms with E-state index in [2.05, 4.69) is 17.0 Å². The monoisotopic (exact) mass is 542 g/mol. The smallest absolute Gasteiger partial charge is 0.257 e. The summed E-state index contributed by atoms with van der Waals surface area (Å²) in [5.74, 6) is 2.67. The standard InChI is InChI=1S/C31H31ClN4O3/c1-21-27(19-22-7-5-4-6-8-22)30(34-29(33-21)23-9-11-24(32)12-10-23)35-15-17-36(18-16-35)31(37)26-14-13-25(38-2)20-28(26)39-3/h4-14,20H,15-19H2,1-3H3. The van der Waals surface area contributed by atoms with Crippen molar-refractivity contribution >= 4 is 23.3 Å². The summed E-state index contributed by atoms with van der Waals surface area (Å²) in [6.07, 6.45) is 0.727. The number of rotatable bonds is 7. The highest BCUT2D eigenvalue weighted by Gasteiger charge is 2.27. The molecule has 0 N–H and O–H groups in total. The lowest BCUT2D eigenvalue weighted by Gasteiger charge is -2.36. The van der Waals surface area contributed by atoms with E-state index in [-0.39, 0.29) is 5.91 Å². The highest BCUT2D eigenvalue weighted by Crippen LogP contribution is 2.30. The Morgan fingerprint density at radius 3 is 2.28 bits per heavy atom. The minimum atomic E-state index is -0.0561. The summed E-state index contributed by atoms with van der Waals surface area (Å²) in [6.45, 7) is 4.49. The van der Waals surface area contributed by atoms with E-state index in [0.29, 0.717) is 54.1 Å². The van der Waals surface area contributed by atoms with Gasteiger partial charge in [-0.25, -0.2) is 9.97 Å². The van der Waals surface area contributed by atoms with Gasteiger partial charge in [-0.1, -0.05) is 41.9 Å². The van der Waals surface area contributed by atoms with Crippen LogP contribution in [-0.2, 0) is 6.42 Å². The minimum absolute atomic E-state index is 0.0561. The Hall–Kier alpha value is -4.10. The number of carbonyl (C=O) groups is 1. The molecule has 1 fully saturated rings. The number of hydrogen-bond acceptors (Lipinski definition) is 6. The SMILES string of the molecule is COc1ccc(C(=O)N2CCN(c3nc(-c4ccc(Cl)cc4)nc(C)c3Cc3ccccc3)CC2)c(OC)c1. The van der Waals surface area contributed by atoms with Crippen molar-refractivity contribution in [2.45, 2.75) is 13.3 Å². The fraction of sp³-hybridized carbons (Fsp3) is 0.258. The number of nitrogens with zero attached hydrogens (tertiary/aromatic N) is 4. The Labute approximate surface area is 234 Å². The van der Waals surface area contributed by atoms with E-state index in [0.717, 1.165) is 29.1 Å². The molecule has 0 saturated carbocycles. The van der Waals surface area contributed by atoms with Crippen LogP contribution in [0, 0.1) is 6.92 Å². The zero-order valence-corrected chi connectivity index (χ0v) is 23.1. The summed E-state index contributed by atoms with van der Waals surface area (Å²) >= 11 is 6.12. The molecule has 1 aliphatic rings. The van der Waals surface area contributed by atoms with Crippen LogP contribution in [0.2, 0.25) is 5.02 Å². The van der Waals surface area contributed by atoms with Gasteiger partial charge in [0.05, 0.1) is 19.8 Å². The van der Waals surface area contributed by atoms with Gasteiger partial charge >= 0.3 is 0 Å². The molecule has 8 heteroatoms. The van der Waals surface area contributed by atoms with Crippen molar-refractivity contribution in [2.24, 2.45) is 0 Å². The van der Waals surface area contributed by atoms with Gasteiger partial charge in [0, 0.05) is 60.5 Å². The summed E-state index contributed by atoms with van der Waals surface area (Å²) in [6, 6.07) is 23.2. The highest BCUT2D eigenvalue weighted by molar-refractivity contribution is 6.30. The largest absolute Gasteiger partial charge is 0.497 e. The van der Waals surface area contributed by atoms with Gasteiger partial charge in [0.15, 0.2) is 5.82 Å². The molecule has 0 atom stereocenters. The van der Waals surface area contributed by atoms with Gasteiger partial charge in [-0.3, -0.25) is 4.79 Å². The molecular weight excluding hydrogens is 512 g/mol. The van der Waals surface area contributed by atoms with Crippen molar-refractivity contribution in [3.63, 3.8) is 0 Å². The molecule has 4 aromatic rings. The Balaban J connectivity index is 1.42. The zero-order chi connectivity index (χ0) is 27.4. The molecule has 3 aromatic carbocycles. The lowest BCUT2D eigenvalue weighted by atomic mass is 10.0. The molecule has 0 bridgehead atoms. The molecule has 5 rings (SSSR count). The topological polar surface area (TPSA) is 67.8 Å². The minimum Gasteiger partial charge on any atom is -0.497 e. The first-order chi connectivity index (χ1) is 19.0. The van der Waals surface area contributed by atoms with E-state index in [1.807, 2.05) is 54.3 Å². The molecule has 7 nitrogen and oxygen atoms in total. The van der Waals surface area contributed by atoms with E-state index in [9.17, 15) is 4.79 Å². The van der Waals surface area contributed by atoms with Gasteiger partial charge in [-0.05, 0) is 48.9 Å². The van der Waals surface area contributed by atoms with Gasteiger partial charge < -0.3 is 19.3 Å². The number of aryl methyl sites for hydroxylation is 1. The van der Waals surface area contributed by atoms with Crippen LogP contribution in [-0.4, -0.2) is 61.2 Å². The Kier molecular flexibility index (Phi) is 7.98. The first-order valence-corrected chi connectivity index (χ1v) is 13.3. The van der Waals surface area contributed by atoms with Crippen molar-refractivity contribution < 1.29 is 14.3 Å². The molecule has 39 heavy (non-hydrogen) atoms. The third-order valence-electron chi connectivity index (χ3n) is 7.02. The maximum absolute atomic E-state index is 13.4. The third kappa shape index (κ3) is 5.83. The van der Waals surface area contributed by atoms with E-state index in [1.54, 1.807) is 32.4 Å². The molecule has 1 aromatic heterocycles. The average molecular weight is 543 g/mol. The van der Waals surface area contributed by atoms with Crippen LogP contribution in [0.25, 0.3) is 11.4 Å². The predicted molar refractivity (Wildman–Crippen MR) is 154 cm³/mol.